The van der Waals surface area contributed by atoms with Gasteiger partial charge in [0.2, 0.25) is 0 Å². The van der Waals surface area contributed by atoms with E-state index >= 15 is 0 Å². The van der Waals surface area contributed by atoms with Crippen LogP contribution in [0.3, 0.4) is 0 Å². The number of ether oxygens (including phenoxy) is 2. The molecule has 0 unspecified atom stereocenters. The number of hydrogen-bond donors (Lipinski definition) is 1. The van der Waals surface area contributed by atoms with Crippen LogP contribution in [0.5, 0.6) is 5.75 Å². The smallest absolute Gasteiger partial charge is 0.342 e. The number of aryl methyl sites for hydroxylation is 1. The molecule has 0 spiro atoms. The highest BCUT2D eigenvalue weighted by Gasteiger charge is 2.28. The van der Waals surface area contributed by atoms with Gasteiger partial charge >= 0.3 is 5.97 Å². The first-order chi connectivity index (χ1) is 11.4. The molecular weight excluding hydrogens is 306 g/mol. The van der Waals surface area contributed by atoms with Gasteiger partial charge in [-0.2, -0.15) is 0 Å². The Morgan fingerprint density at radius 2 is 2.00 bits per heavy atom. The van der Waals surface area contributed by atoms with Crippen molar-refractivity contribution >= 4 is 11.9 Å². The maximum atomic E-state index is 12.2. The zero-order valence-corrected chi connectivity index (χ0v) is 14.9. The van der Waals surface area contributed by atoms with Crippen molar-refractivity contribution in [1.82, 2.24) is 5.32 Å². The Bertz CT molecular complexity index is 599. The number of rotatable bonds is 5. The predicted octanol–water partition coefficient (Wildman–Crippen LogP) is 3.10. The number of carbonyl (C=O) groups is 2. The van der Waals surface area contributed by atoms with Gasteiger partial charge < -0.3 is 14.8 Å². The molecule has 1 saturated carbocycles. The van der Waals surface area contributed by atoms with Crippen LogP contribution in [0, 0.1) is 18.8 Å². The second-order valence-corrected chi connectivity index (χ2v) is 6.72. The van der Waals surface area contributed by atoms with Crippen LogP contribution in [0.1, 0.15) is 49.0 Å². The number of esters is 1. The Kier molecular flexibility index (Phi) is 6.23. The first-order valence-corrected chi connectivity index (χ1v) is 8.53. The van der Waals surface area contributed by atoms with E-state index in [1.54, 1.807) is 12.1 Å². The summed E-state index contributed by atoms with van der Waals surface area (Å²) in [4.78, 5) is 24.3. The average Bonchev–Trinajstić information content (AvgIpc) is 2.56. The summed E-state index contributed by atoms with van der Waals surface area (Å²) in [5.41, 5.74) is 1.27. The lowest BCUT2D eigenvalue weighted by Crippen LogP contribution is -2.45. The van der Waals surface area contributed by atoms with Gasteiger partial charge in [0.05, 0.1) is 7.11 Å². The number of amides is 1. The van der Waals surface area contributed by atoms with Crippen molar-refractivity contribution in [3.63, 3.8) is 0 Å². The molecule has 2 rings (SSSR count). The summed E-state index contributed by atoms with van der Waals surface area (Å²) in [5.74, 6) is 0.691. The normalized spacial score (nSPS) is 23.4. The van der Waals surface area contributed by atoms with Gasteiger partial charge in [-0.3, -0.25) is 4.79 Å². The fourth-order valence-electron chi connectivity index (χ4n) is 3.22. The summed E-state index contributed by atoms with van der Waals surface area (Å²) in [7, 11) is 1.50. The van der Waals surface area contributed by atoms with Crippen molar-refractivity contribution in [3.8, 4) is 5.75 Å². The molecule has 0 aromatic heterocycles. The topological polar surface area (TPSA) is 64.6 Å². The van der Waals surface area contributed by atoms with Crippen molar-refractivity contribution < 1.29 is 19.1 Å². The van der Waals surface area contributed by atoms with Crippen molar-refractivity contribution in [2.75, 3.05) is 13.7 Å². The molecule has 0 aliphatic heterocycles. The highest BCUT2D eigenvalue weighted by atomic mass is 16.5. The lowest BCUT2D eigenvalue weighted by atomic mass is 9.78. The van der Waals surface area contributed by atoms with Gasteiger partial charge in [0.25, 0.3) is 5.91 Å². The molecule has 0 saturated heterocycles. The van der Waals surface area contributed by atoms with Gasteiger partial charge in [-0.15, -0.1) is 0 Å². The first-order valence-electron chi connectivity index (χ1n) is 8.53. The molecule has 24 heavy (non-hydrogen) atoms. The minimum Gasteiger partial charge on any atom is -0.496 e. The Morgan fingerprint density at radius 1 is 1.25 bits per heavy atom. The van der Waals surface area contributed by atoms with E-state index in [1.165, 1.54) is 13.5 Å². The highest BCUT2D eigenvalue weighted by Crippen LogP contribution is 2.29. The van der Waals surface area contributed by atoms with Crippen molar-refractivity contribution in [1.29, 1.82) is 0 Å². The SMILES string of the molecule is COc1ccc(C)cc1C(=O)OCC(=O)N[C@H]1CCC[C@@H](C)[C@@H]1C. The van der Waals surface area contributed by atoms with Crippen LogP contribution in [0.15, 0.2) is 18.2 Å². The molecule has 1 amide bonds. The van der Waals surface area contributed by atoms with Gasteiger partial charge in [0.15, 0.2) is 6.61 Å². The Balaban J connectivity index is 1.89. The molecule has 1 fully saturated rings. The van der Waals surface area contributed by atoms with Crippen LogP contribution >= 0.6 is 0 Å². The minimum atomic E-state index is -0.546. The molecule has 5 heteroatoms. The molecule has 1 aliphatic carbocycles. The molecule has 1 aromatic rings. The van der Waals surface area contributed by atoms with Gasteiger partial charge in [-0.1, -0.05) is 38.3 Å². The van der Waals surface area contributed by atoms with Crippen LogP contribution in [0.2, 0.25) is 0 Å². The number of methoxy groups -OCH3 is 1. The zero-order chi connectivity index (χ0) is 17.7. The summed E-state index contributed by atoms with van der Waals surface area (Å²) >= 11 is 0. The fourth-order valence-corrected chi connectivity index (χ4v) is 3.22. The van der Waals surface area contributed by atoms with Crippen LogP contribution < -0.4 is 10.1 Å². The Morgan fingerprint density at radius 3 is 2.71 bits per heavy atom. The number of benzene rings is 1. The second-order valence-electron chi connectivity index (χ2n) is 6.72. The largest absolute Gasteiger partial charge is 0.496 e. The minimum absolute atomic E-state index is 0.161. The van der Waals surface area contributed by atoms with Crippen LogP contribution in [-0.4, -0.2) is 31.6 Å². The quantitative estimate of drug-likeness (QED) is 0.841. The first kappa shape index (κ1) is 18.3. The van der Waals surface area contributed by atoms with Crippen LogP contribution in [0.4, 0.5) is 0 Å². The molecular formula is C19H27NO4. The van der Waals surface area contributed by atoms with E-state index in [9.17, 15) is 9.59 Å². The molecule has 0 radical (unpaired) electrons. The van der Waals surface area contributed by atoms with E-state index in [0.29, 0.717) is 23.1 Å². The fraction of sp³-hybridized carbons (Fsp3) is 0.579. The molecule has 3 atom stereocenters. The van der Waals surface area contributed by atoms with Crippen LogP contribution in [-0.2, 0) is 9.53 Å². The summed E-state index contributed by atoms with van der Waals surface area (Å²) in [5, 5.41) is 3.00. The lowest BCUT2D eigenvalue weighted by molar-refractivity contribution is -0.125. The predicted molar refractivity (Wildman–Crippen MR) is 92.1 cm³/mol. The maximum absolute atomic E-state index is 12.2. The molecule has 5 nitrogen and oxygen atoms in total. The van der Waals surface area contributed by atoms with Gasteiger partial charge in [0.1, 0.15) is 11.3 Å². The van der Waals surface area contributed by atoms with Crippen molar-refractivity contribution in [3.05, 3.63) is 29.3 Å². The molecule has 0 bridgehead atoms. The average molecular weight is 333 g/mol. The Labute approximate surface area is 143 Å². The number of carbonyl (C=O) groups excluding carboxylic acids is 2. The third-order valence-corrected chi connectivity index (χ3v) is 4.96. The van der Waals surface area contributed by atoms with E-state index in [1.807, 2.05) is 13.0 Å². The summed E-state index contributed by atoms with van der Waals surface area (Å²) in [6.07, 6.45) is 3.31. The van der Waals surface area contributed by atoms with Gasteiger partial charge in [-0.25, -0.2) is 4.79 Å². The summed E-state index contributed by atoms with van der Waals surface area (Å²) in [6.45, 7) is 5.99. The zero-order valence-electron chi connectivity index (χ0n) is 14.9. The van der Waals surface area contributed by atoms with Crippen molar-refractivity contribution in [2.24, 2.45) is 11.8 Å². The third-order valence-electron chi connectivity index (χ3n) is 4.96. The van der Waals surface area contributed by atoms with Crippen LogP contribution in [0.25, 0.3) is 0 Å². The van der Waals surface area contributed by atoms with E-state index in [2.05, 4.69) is 19.2 Å². The maximum Gasteiger partial charge on any atom is 0.342 e. The second kappa shape index (κ2) is 8.18. The highest BCUT2D eigenvalue weighted by molar-refractivity contribution is 5.94. The number of nitrogens with one attached hydrogen (secondary N) is 1. The van der Waals surface area contributed by atoms with Gasteiger partial charge in [-0.05, 0) is 37.3 Å². The monoisotopic (exact) mass is 333 g/mol. The number of hydrogen-bond acceptors (Lipinski definition) is 4. The van der Waals surface area contributed by atoms with E-state index in [0.717, 1.165) is 18.4 Å². The molecule has 132 valence electrons. The van der Waals surface area contributed by atoms with E-state index in [4.69, 9.17) is 9.47 Å². The standard InChI is InChI=1S/C19H27NO4/c1-12-8-9-17(23-4)15(10-12)19(22)24-11-18(21)20-16-7-5-6-13(2)14(16)3/h8-10,13-14,16H,5-7,11H2,1-4H3,(H,20,21)/t13-,14+,16+/m1/s1. The van der Waals surface area contributed by atoms with Gasteiger partial charge in [0, 0.05) is 6.04 Å². The van der Waals surface area contributed by atoms with E-state index < -0.39 is 5.97 Å². The lowest BCUT2D eigenvalue weighted by Gasteiger charge is -2.34. The third kappa shape index (κ3) is 4.49. The molecule has 1 aromatic carbocycles. The molecule has 1 N–H and O–H groups in total. The molecule has 0 heterocycles. The Hall–Kier alpha value is -2.04. The summed E-state index contributed by atoms with van der Waals surface area (Å²) < 4.78 is 10.3. The molecule has 1 aliphatic rings. The summed E-state index contributed by atoms with van der Waals surface area (Å²) in [6, 6.07) is 5.43. The van der Waals surface area contributed by atoms with E-state index in [-0.39, 0.29) is 18.6 Å². The van der Waals surface area contributed by atoms with Crippen molar-refractivity contribution in [2.45, 2.75) is 46.1 Å².